The fourth-order valence-corrected chi connectivity index (χ4v) is 4.01. The summed E-state index contributed by atoms with van der Waals surface area (Å²) in [5.41, 5.74) is 2.11. The Morgan fingerprint density at radius 1 is 1.14 bits per heavy atom. The maximum Gasteiger partial charge on any atom is 0.270 e. The zero-order valence-electron chi connectivity index (χ0n) is 16.4. The zero-order chi connectivity index (χ0) is 20.5. The Balaban J connectivity index is 1.80. The predicted molar refractivity (Wildman–Crippen MR) is 113 cm³/mol. The van der Waals surface area contributed by atoms with E-state index in [1.165, 1.54) is 0 Å². The molecule has 2 aromatic carbocycles. The van der Waals surface area contributed by atoms with Crippen LogP contribution >= 0.6 is 11.6 Å². The van der Waals surface area contributed by atoms with Gasteiger partial charge in [-0.05, 0) is 12.1 Å². The van der Waals surface area contributed by atoms with Crippen LogP contribution in [0.3, 0.4) is 0 Å². The number of nitrogens with zero attached hydrogens (tertiary/aromatic N) is 3. The van der Waals surface area contributed by atoms with Gasteiger partial charge in [0, 0.05) is 43.0 Å². The third kappa shape index (κ3) is 3.25. The molecule has 1 N–H and O–H groups in total. The molecule has 148 valence electrons. The predicted octanol–water partition coefficient (Wildman–Crippen LogP) is 4.09. The number of carbonyl (C=O) groups is 1. The molecule has 7 heteroatoms. The highest BCUT2D eigenvalue weighted by Crippen LogP contribution is 2.32. The highest BCUT2D eigenvalue weighted by Gasteiger charge is 2.27. The number of halogens is 1. The molecule has 0 fully saturated rings. The molecule has 0 aliphatic carbocycles. The first-order chi connectivity index (χ1) is 14.0. The molecule has 0 saturated carbocycles. The van der Waals surface area contributed by atoms with Gasteiger partial charge in [0.05, 0.1) is 12.1 Å². The van der Waals surface area contributed by atoms with E-state index in [1.807, 2.05) is 78.0 Å². The van der Waals surface area contributed by atoms with Gasteiger partial charge in [-0.1, -0.05) is 48.0 Å². The van der Waals surface area contributed by atoms with E-state index in [4.69, 9.17) is 16.3 Å². The quantitative estimate of drug-likeness (QED) is 0.541. The standard InChI is InChI=1S/C22H21ClN4O2/c1-26-13-12-24-21(26)19(15-9-5-7-11-17(15)29-3)25-22(28)20-18(23)14-8-4-6-10-16(14)27(20)2/h4-13,19H,1-3H3,(H,25,28). The average Bonchev–Trinajstić information content (AvgIpc) is 3.27. The van der Waals surface area contributed by atoms with Crippen LogP contribution in [0.1, 0.15) is 27.9 Å². The third-order valence-corrected chi connectivity index (χ3v) is 5.48. The van der Waals surface area contributed by atoms with E-state index in [1.54, 1.807) is 13.3 Å². The maximum atomic E-state index is 13.4. The molecule has 29 heavy (non-hydrogen) atoms. The van der Waals surface area contributed by atoms with Crippen LogP contribution in [-0.2, 0) is 14.1 Å². The number of ether oxygens (including phenoxy) is 1. The van der Waals surface area contributed by atoms with Gasteiger partial charge in [-0.15, -0.1) is 0 Å². The van der Waals surface area contributed by atoms with Crippen LogP contribution in [0.4, 0.5) is 0 Å². The summed E-state index contributed by atoms with van der Waals surface area (Å²) in [5, 5.41) is 4.37. The van der Waals surface area contributed by atoms with Crippen molar-refractivity contribution >= 4 is 28.4 Å². The van der Waals surface area contributed by atoms with Gasteiger partial charge in [0.25, 0.3) is 5.91 Å². The van der Waals surface area contributed by atoms with E-state index in [-0.39, 0.29) is 5.91 Å². The molecule has 0 radical (unpaired) electrons. The Morgan fingerprint density at radius 3 is 2.55 bits per heavy atom. The van der Waals surface area contributed by atoms with Crippen LogP contribution in [0.15, 0.2) is 60.9 Å². The van der Waals surface area contributed by atoms with Crippen molar-refractivity contribution in [1.82, 2.24) is 19.4 Å². The minimum absolute atomic E-state index is 0.285. The lowest BCUT2D eigenvalue weighted by Crippen LogP contribution is -2.32. The zero-order valence-corrected chi connectivity index (χ0v) is 17.1. The molecule has 1 unspecified atom stereocenters. The van der Waals surface area contributed by atoms with Gasteiger partial charge in [-0.3, -0.25) is 4.79 Å². The third-order valence-electron chi connectivity index (χ3n) is 5.10. The van der Waals surface area contributed by atoms with Gasteiger partial charge >= 0.3 is 0 Å². The number of fused-ring (bicyclic) bond motifs is 1. The Bertz CT molecular complexity index is 1160. The highest BCUT2D eigenvalue weighted by molar-refractivity contribution is 6.38. The number of nitrogens with one attached hydrogen (secondary N) is 1. The number of aryl methyl sites for hydroxylation is 2. The number of imidazole rings is 1. The summed E-state index contributed by atoms with van der Waals surface area (Å²) in [7, 11) is 5.33. The topological polar surface area (TPSA) is 61.1 Å². The van der Waals surface area contributed by atoms with Crippen molar-refractivity contribution in [2.75, 3.05) is 7.11 Å². The lowest BCUT2D eigenvalue weighted by molar-refractivity contribution is 0.0933. The van der Waals surface area contributed by atoms with Crippen LogP contribution in [-0.4, -0.2) is 27.1 Å². The Kier molecular flexibility index (Phi) is 5.03. The lowest BCUT2D eigenvalue weighted by Gasteiger charge is -2.21. The maximum absolute atomic E-state index is 13.4. The molecule has 2 heterocycles. The van der Waals surface area contributed by atoms with E-state index >= 15 is 0 Å². The largest absolute Gasteiger partial charge is 0.496 e. The number of para-hydroxylation sites is 2. The highest BCUT2D eigenvalue weighted by atomic mass is 35.5. The van der Waals surface area contributed by atoms with Crippen LogP contribution in [0.5, 0.6) is 5.75 Å². The number of hydrogen-bond donors (Lipinski definition) is 1. The van der Waals surface area contributed by atoms with E-state index in [0.717, 1.165) is 16.5 Å². The van der Waals surface area contributed by atoms with Gasteiger partial charge in [0.1, 0.15) is 23.3 Å². The SMILES string of the molecule is COc1ccccc1C(NC(=O)c1c(Cl)c2ccccc2n1C)c1nccn1C. The summed E-state index contributed by atoms with van der Waals surface area (Å²) in [4.78, 5) is 17.8. The van der Waals surface area contributed by atoms with E-state index < -0.39 is 6.04 Å². The first-order valence-electron chi connectivity index (χ1n) is 9.16. The molecule has 4 rings (SSSR count). The molecule has 4 aromatic rings. The first kappa shape index (κ1) is 19.1. The lowest BCUT2D eigenvalue weighted by atomic mass is 10.0. The number of aromatic nitrogens is 3. The van der Waals surface area contributed by atoms with Crippen molar-refractivity contribution in [3.63, 3.8) is 0 Å². The number of benzene rings is 2. The van der Waals surface area contributed by atoms with Gasteiger partial charge in [-0.25, -0.2) is 4.98 Å². The van der Waals surface area contributed by atoms with Gasteiger partial charge in [0.2, 0.25) is 0 Å². The van der Waals surface area contributed by atoms with Crippen molar-refractivity contribution in [1.29, 1.82) is 0 Å². The summed E-state index contributed by atoms with van der Waals surface area (Å²) in [6.07, 6.45) is 3.54. The first-order valence-corrected chi connectivity index (χ1v) is 9.54. The number of hydrogen-bond acceptors (Lipinski definition) is 3. The minimum Gasteiger partial charge on any atom is -0.496 e. The van der Waals surface area contributed by atoms with Crippen molar-refractivity contribution in [2.45, 2.75) is 6.04 Å². The number of carbonyl (C=O) groups excluding carboxylic acids is 1. The molecule has 2 aromatic heterocycles. The summed E-state index contributed by atoms with van der Waals surface area (Å²) in [6.45, 7) is 0. The number of methoxy groups -OCH3 is 1. The van der Waals surface area contributed by atoms with Crippen LogP contribution in [0, 0.1) is 0 Å². The van der Waals surface area contributed by atoms with Gasteiger partial charge in [0.15, 0.2) is 0 Å². The number of rotatable bonds is 5. The second kappa shape index (κ2) is 7.64. The van der Waals surface area contributed by atoms with Crippen molar-refractivity contribution < 1.29 is 9.53 Å². The smallest absolute Gasteiger partial charge is 0.270 e. The summed E-state index contributed by atoms with van der Waals surface area (Å²) in [5.74, 6) is 1.08. The minimum atomic E-state index is -0.507. The molecule has 0 spiro atoms. The monoisotopic (exact) mass is 408 g/mol. The molecule has 0 aliphatic heterocycles. The normalized spacial score (nSPS) is 12.1. The van der Waals surface area contributed by atoms with Crippen LogP contribution in [0.25, 0.3) is 10.9 Å². The van der Waals surface area contributed by atoms with Crippen molar-refractivity contribution in [3.8, 4) is 5.75 Å². The molecular formula is C22H21ClN4O2. The van der Waals surface area contributed by atoms with Crippen LogP contribution in [0.2, 0.25) is 5.02 Å². The second-order valence-corrected chi connectivity index (χ2v) is 7.16. The fourth-order valence-electron chi connectivity index (χ4n) is 3.64. The van der Waals surface area contributed by atoms with E-state index in [2.05, 4.69) is 10.3 Å². The molecule has 1 amide bonds. The Morgan fingerprint density at radius 2 is 1.86 bits per heavy atom. The number of amides is 1. The molecule has 0 saturated heterocycles. The molecular weight excluding hydrogens is 388 g/mol. The summed E-state index contributed by atoms with van der Waals surface area (Å²) < 4.78 is 9.21. The summed E-state index contributed by atoms with van der Waals surface area (Å²) in [6, 6.07) is 14.7. The van der Waals surface area contributed by atoms with E-state index in [9.17, 15) is 4.79 Å². The molecule has 0 aliphatic rings. The fraction of sp³-hybridized carbons (Fsp3) is 0.182. The van der Waals surface area contributed by atoms with Crippen molar-refractivity contribution in [3.05, 3.63) is 83.0 Å². The van der Waals surface area contributed by atoms with Gasteiger partial charge in [-0.2, -0.15) is 0 Å². The van der Waals surface area contributed by atoms with E-state index in [0.29, 0.717) is 22.3 Å². The van der Waals surface area contributed by atoms with Gasteiger partial charge < -0.3 is 19.2 Å². The average molecular weight is 409 g/mol. The molecule has 6 nitrogen and oxygen atoms in total. The Hall–Kier alpha value is -3.25. The Labute approximate surface area is 173 Å². The second-order valence-electron chi connectivity index (χ2n) is 6.78. The van der Waals surface area contributed by atoms with Crippen molar-refractivity contribution in [2.24, 2.45) is 14.1 Å². The molecule has 0 bridgehead atoms. The van der Waals surface area contributed by atoms with Crippen LogP contribution < -0.4 is 10.1 Å². The molecule has 1 atom stereocenters. The summed E-state index contributed by atoms with van der Waals surface area (Å²) >= 11 is 6.57.